The lowest BCUT2D eigenvalue weighted by Gasteiger charge is -2.17. The molecule has 0 fully saturated rings. The van der Waals surface area contributed by atoms with E-state index in [1.807, 2.05) is 6.07 Å². The van der Waals surface area contributed by atoms with E-state index < -0.39 is 18.0 Å². The Hall–Kier alpha value is -4.27. The molecule has 2 aromatic carbocycles. The van der Waals surface area contributed by atoms with E-state index in [4.69, 9.17) is 9.26 Å². The molecule has 1 N–H and O–H groups in total. The van der Waals surface area contributed by atoms with Crippen LogP contribution in [0.25, 0.3) is 5.69 Å². The summed E-state index contributed by atoms with van der Waals surface area (Å²) in [7, 11) is 0. The first-order chi connectivity index (χ1) is 14.6. The van der Waals surface area contributed by atoms with Gasteiger partial charge in [-0.1, -0.05) is 35.5 Å². The molecule has 0 saturated heterocycles. The summed E-state index contributed by atoms with van der Waals surface area (Å²) in [6.07, 6.45) is 1.81. The van der Waals surface area contributed by atoms with Crippen molar-refractivity contribution < 1.29 is 18.8 Å². The summed E-state index contributed by atoms with van der Waals surface area (Å²) in [5, 5.41) is 10.4. The second kappa shape index (κ2) is 8.39. The van der Waals surface area contributed by atoms with Gasteiger partial charge >= 0.3 is 5.97 Å². The summed E-state index contributed by atoms with van der Waals surface area (Å²) < 4.78 is 12.1. The zero-order chi connectivity index (χ0) is 20.9. The van der Waals surface area contributed by atoms with Crippen LogP contribution in [-0.4, -0.2) is 31.8 Å². The van der Waals surface area contributed by atoms with Crippen molar-refractivity contribution in [2.45, 2.75) is 13.0 Å². The Morgan fingerprint density at radius 3 is 2.50 bits per heavy atom. The molecule has 0 radical (unpaired) electrons. The zero-order valence-electron chi connectivity index (χ0n) is 15.9. The normalized spacial score (nSPS) is 11.6. The maximum absolute atomic E-state index is 12.8. The Balaban J connectivity index is 1.53. The Labute approximate surface area is 171 Å². The standard InChI is InChI=1S/C21H17N5O4/c1-14-11-18(25-30-14)24-20(27)19(15-5-3-2-4-6-15)29-21(28)16-7-9-17(10-8-16)26-13-22-12-23-26/h2-13,19H,1H3,(H,24,25,27)/t19-/m0/s1. The minimum atomic E-state index is -1.16. The second-order valence-electron chi connectivity index (χ2n) is 6.40. The first-order valence-corrected chi connectivity index (χ1v) is 9.05. The van der Waals surface area contributed by atoms with Gasteiger partial charge in [0.15, 0.2) is 5.82 Å². The zero-order valence-corrected chi connectivity index (χ0v) is 15.9. The van der Waals surface area contributed by atoms with Crippen molar-refractivity contribution in [3.63, 3.8) is 0 Å². The minimum Gasteiger partial charge on any atom is -0.444 e. The van der Waals surface area contributed by atoms with E-state index in [-0.39, 0.29) is 5.82 Å². The van der Waals surface area contributed by atoms with E-state index in [1.165, 1.54) is 6.33 Å². The van der Waals surface area contributed by atoms with Crippen LogP contribution in [0.5, 0.6) is 0 Å². The number of rotatable bonds is 6. The number of esters is 1. The molecule has 0 saturated carbocycles. The van der Waals surface area contributed by atoms with Gasteiger partial charge in [0, 0.05) is 11.6 Å². The number of ether oxygens (including phenoxy) is 1. The third kappa shape index (κ3) is 4.25. The molecule has 150 valence electrons. The Kier molecular flexibility index (Phi) is 5.33. The molecule has 0 bridgehead atoms. The molecule has 9 heteroatoms. The van der Waals surface area contributed by atoms with Gasteiger partial charge in [-0.05, 0) is 31.2 Å². The third-order valence-electron chi connectivity index (χ3n) is 4.23. The van der Waals surface area contributed by atoms with E-state index in [9.17, 15) is 9.59 Å². The first kappa shape index (κ1) is 19.1. The number of aromatic nitrogens is 4. The fourth-order valence-corrected chi connectivity index (χ4v) is 2.78. The highest BCUT2D eigenvalue weighted by Gasteiger charge is 2.26. The van der Waals surface area contributed by atoms with Crippen molar-refractivity contribution in [2.75, 3.05) is 5.32 Å². The number of nitrogens with one attached hydrogen (secondary N) is 1. The molecule has 4 aromatic rings. The van der Waals surface area contributed by atoms with Crippen molar-refractivity contribution in [2.24, 2.45) is 0 Å². The Bertz CT molecular complexity index is 1140. The van der Waals surface area contributed by atoms with Gasteiger partial charge in [-0.3, -0.25) is 4.79 Å². The van der Waals surface area contributed by atoms with Crippen molar-refractivity contribution in [3.8, 4) is 5.69 Å². The molecule has 1 atom stereocenters. The number of anilines is 1. The molecule has 2 aromatic heterocycles. The number of hydrogen-bond acceptors (Lipinski definition) is 7. The molecule has 9 nitrogen and oxygen atoms in total. The van der Waals surface area contributed by atoms with E-state index in [2.05, 4.69) is 20.6 Å². The topological polar surface area (TPSA) is 112 Å². The molecule has 0 aliphatic rings. The smallest absolute Gasteiger partial charge is 0.339 e. The SMILES string of the molecule is Cc1cc(NC(=O)[C@@H](OC(=O)c2ccc(-n3cncn3)cc2)c2ccccc2)no1. The molecular weight excluding hydrogens is 386 g/mol. The molecule has 1 amide bonds. The number of aryl methyl sites for hydroxylation is 1. The lowest BCUT2D eigenvalue weighted by molar-refractivity contribution is -0.125. The molecule has 0 aliphatic carbocycles. The number of amides is 1. The average Bonchev–Trinajstić information content (AvgIpc) is 3.44. The number of benzene rings is 2. The van der Waals surface area contributed by atoms with Crippen LogP contribution in [-0.2, 0) is 9.53 Å². The fourth-order valence-electron chi connectivity index (χ4n) is 2.78. The lowest BCUT2D eigenvalue weighted by atomic mass is 10.1. The van der Waals surface area contributed by atoms with Crippen molar-refractivity contribution >= 4 is 17.7 Å². The van der Waals surface area contributed by atoms with E-state index in [1.54, 1.807) is 72.5 Å². The molecule has 0 unspecified atom stereocenters. The Morgan fingerprint density at radius 1 is 1.10 bits per heavy atom. The van der Waals surface area contributed by atoms with Crippen LogP contribution in [0.3, 0.4) is 0 Å². The van der Waals surface area contributed by atoms with Crippen molar-refractivity contribution in [1.82, 2.24) is 19.9 Å². The first-order valence-electron chi connectivity index (χ1n) is 9.05. The van der Waals surface area contributed by atoms with Gasteiger partial charge in [0.25, 0.3) is 5.91 Å². The highest BCUT2D eigenvalue weighted by molar-refractivity contribution is 5.97. The maximum Gasteiger partial charge on any atom is 0.339 e. The summed E-state index contributed by atoms with van der Waals surface area (Å²) in [4.78, 5) is 29.4. The highest BCUT2D eigenvalue weighted by atomic mass is 16.5. The summed E-state index contributed by atoms with van der Waals surface area (Å²) >= 11 is 0. The molecule has 4 rings (SSSR count). The largest absolute Gasteiger partial charge is 0.444 e. The van der Waals surface area contributed by atoms with Crippen molar-refractivity contribution in [1.29, 1.82) is 0 Å². The minimum absolute atomic E-state index is 0.242. The number of carbonyl (C=O) groups is 2. The Morgan fingerprint density at radius 2 is 1.87 bits per heavy atom. The summed E-state index contributed by atoms with van der Waals surface area (Å²) in [6.45, 7) is 1.71. The monoisotopic (exact) mass is 403 g/mol. The van der Waals surface area contributed by atoms with Gasteiger partial charge in [-0.15, -0.1) is 0 Å². The molecule has 30 heavy (non-hydrogen) atoms. The van der Waals surface area contributed by atoms with Crippen LogP contribution in [0, 0.1) is 6.92 Å². The van der Waals surface area contributed by atoms with Gasteiger partial charge in [-0.25, -0.2) is 14.5 Å². The maximum atomic E-state index is 12.8. The second-order valence-corrected chi connectivity index (χ2v) is 6.40. The van der Waals surface area contributed by atoms with Crippen LogP contribution in [0.15, 0.2) is 77.8 Å². The summed E-state index contributed by atoms with van der Waals surface area (Å²) in [6, 6.07) is 16.9. The van der Waals surface area contributed by atoms with Gasteiger partial charge in [0.2, 0.25) is 6.10 Å². The molecular formula is C21H17N5O4. The van der Waals surface area contributed by atoms with Crippen LogP contribution in [0.4, 0.5) is 5.82 Å². The van der Waals surface area contributed by atoms with Crippen LogP contribution >= 0.6 is 0 Å². The van der Waals surface area contributed by atoms with Crippen LogP contribution in [0.1, 0.15) is 27.8 Å². The predicted octanol–water partition coefficient (Wildman–Crippen LogP) is 3.10. The molecule has 2 heterocycles. The molecule has 0 spiro atoms. The van der Waals surface area contributed by atoms with E-state index >= 15 is 0 Å². The average molecular weight is 403 g/mol. The van der Waals surface area contributed by atoms with Gasteiger partial charge in [-0.2, -0.15) is 5.10 Å². The fraction of sp³-hybridized carbons (Fsp3) is 0.0952. The number of carbonyl (C=O) groups excluding carboxylic acids is 2. The lowest BCUT2D eigenvalue weighted by Crippen LogP contribution is -2.26. The number of hydrogen-bond donors (Lipinski definition) is 1. The summed E-state index contributed by atoms with van der Waals surface area (Å²) in [5.74, 6) is -0.389. The van der Waals surface area contributed by atoms with Crippen molar-refractivity contribution in [3.05, 3.63) is 90.2 Å². The highest BCUT2D eigenvalue weighted by Crippen LogP contribution is 2.22. The van der Waals surface area contributed by atoms with E-state index in [0.717, 1.165) is 5.69 Å². The van der Waals surface area contributed by atoms with Gasteiger partial charge in [0.1, 0.15) is 18.4 Å². The number of nitrogens with zero attached hydrogens (tertiary/aromatic N) is 4. The predicted molar refractivity (Wildman–Crippen MR) is 106 cm³/mol. The third-order valence-corrected chi connectivity index (χ3v) is 4.23. The van der Waals surface area contributed by atoms with E-state index in [0.29, 0.717) is 16.9 Å². The quantitative estimate of drug-likeness (QED) is 0.492. The summed E-state index contributed by atoms with van der Waals surface area (Å²) in [5.41, 5.74) is 1.57. The van der Waals surface area contributed by atoms with Gasteiger partial charge < -0.3 is 14.6 Å². The van der Waals surface area contributed by atoms with Gasteiger partial charge in [0.05, 0.1) is 11.3 Å². The molecule has 0 aliphatic heterocycles. The van der Waals surface area contributed by atoms with Crippen LogP contribution in [0.2, 0.25) is 0 Å². The van der Waals surface area contributed by atoms with Crippen LogP contribution < -0.4 is 5.32 Å².